The van der Waals surface area contributed by atoms with Crippen LogP contribution < -0.4 is 0 Å². The molecule has 0 spiro atoms. The van der Waals surface area contributed by atoms with Gasteiger partial charge in [0.05, 0.1) is 0 Å². The Labute approximate surface area is 98.0 Å². The van der Waals surface area contributed by atoms with Gasteiger partial charge in [0.25, 0.3) is 0 Å². The summed E-state index contributed by atoms with van der Waals surface area (Å²) < 4.78 is 0. The molecule has 0 saturated carbocycles. The van der Waals surface area contributed by atoms with Gasteiger partial charge >= 0.3 is 0 Å². The van der Waals surface area contributed by atoms with Crippen LogP contribution in [0.1, 0.15) is 25.8 Å². The van der Waals surface area contributed by atoms with Crippen molar-refractivity contribution < 1.29 is 0 Å². The van der Waals surface area contributed by atoms with Crippen molar-refractivity contribution in [2.24, 2.45) is 5.41 Å². The highest BCUT2D eigenvalue weighted by molar-refractivity contribution is 5.74. The first-order valence-corrected chi connectivity index (χ1v) is 5.80. The van der Waals surface area contributed by atoms with Gasteiger partial charge < -0.3 is 0 Å². The Morgan fingerprint density at radius 2 is 1.75 bits per heavy atom. The van der Waals surface area contributed by atoms with Crippen molar-refractivity contribution >= 4 is 5.57 Å². The zero-order valence-electron chi connectivity index (χ0n) is 9.98. The smallest absolute Gasteiger partial charge is 0.00137 e. The second kappa shape index (κ2) is 4.52. The highest BCUT2D eigenvalue weighted by Crippen LogP contribution is 2.28. The van der Waals surface area contributed by atoms with Gasteiger partial charge in [0.1, 0.15) is 0 Å². The van der Waals surface area contributed by atoms with Gasteiger partial charge in [-0.25, -0.2) is 0 Å². The molecule has 0 aliphatic heterocycles. The van der Waals surface area contributed by atoms with Crippen molar-refractivity contribution in [2.45, 2.75) is 20.3 Å². The normalized spacial score (nSPS) is 18.8. The van der Waals surface area contributed by atoms with E-state index >= 15 is 0 Å². The van der Waals surface area contributed by atoms with E-state index in [1.807, 2.05) is 0 Å². The summed E-state index contributed by atoms with van der Waals surface area (Å²) in [5.74, 6) is 0. The quantitative estimate of drug-likeness (QED) is 0.594. The Balaban J connectivity index is 2.43. The molecule has 0 nitrogen and oxygen atoms in total. The number of hydrogen-bond acceptors (Lipinski definition) is 0. The van der Waals surface area contributed by atoms with E-state index in [0.29, 0.717) is 0 Å². The molecule has 0 saturated heterocycles. The number of benzene rings is 1. The average Bonchev–Trinajstić information content (AvgIpc) is 2.25. The van der Waals surface area contributed by atoms with Crippen LogP contribution in [-0.2, 0) is 0 Å². The maximum absolute atomic E-state index is 2.33. The number of allylic oxidation sites excluding steroid dienone is 6. The Morgan fingerprint density at radius 1 is 1.00 bits per heavy atom. The van der Waals surface area contributed by atoms with Gasteiger partial charge in [0.15, 0.2) is 0 Å². The minimum Gasteiger partial charge on any atom is -0.0839 e. The molecule has 0 fully saturated rings. The van der Waals surface area contributed by atoms with Crippen LogP contribution in [0.4, 0.5) is 0 Å². The third-order valence-corrected chi connectivity index (χ3v) is 2.75. The highest BCUT2D eigenvalue weighted by atomic mass is 14.2. The van der Waals surface area contributed by atoms with Crippen LogP contribution in [0, 0.1) is 5.41 Å². The maximum atomic E-state index is 2.33. The molecule has 0 N–H and O–H groups in total. The van der Waals surface area contributed by atoms with Gasteiger partial charge in [0, 0.05) is 5.41 Å². The molecule has 16 heavy (non-hydrogen) atoms. The third kappa shape index (κ3) is 2.73. The molecule has 0 bridgehead atoms. The number of hydrogen-bond donors (Lipinski definition) is 0. The molecule has 1 aliphatic carbocycles. The molecule has 0 radical (unpaired) electrons. The van der Waals surface area contributed by atoms with Crippen LogP contribution >= 0.6 is 0 Å². The van der Waals surface area contributed by atoms with Crippen molar-refractivity contribution in [3.8, 4) is 0 Å². The lowest BCUT2D eigenvalue weighted by molar-refractivity contribution is 0.625. The van der Waals surface area contributed by atoms with E-state index < -0.39 is 0 Å². The topological polar surface area (TPSA) is 0 Å². The molecule has 0 unspecified atom stereocenters. The molecule has 0 heteroatoms. The van der Waals surface area contributed by atoms with Crippen molar-refractivity contribution in [3.05, 3.63) is 66.3 Å². The van der Waals surface area contributed by atoms with Crippen LogP contribution in [0.15, 0.2) is 60.7 Å². The van der Waals surface area contributed by atoms with Crippen molar-refractivity contribution in [2.75, 3.05) is 0 Å². The van der Waals surface area contributed by atoms with Crippen LogP contribution in [0.25, 0.3) is 5.57 Å². The van der Waals surface area contributed by atoms with E-state index in [2.05, 4.69) is 74.6 Å². The minimum absolute atomic E-state index is 0.135. The molecule has 0 atom stereocenters. The Bertz CT molecular complexity index is 430. The van der Waals surface area contributed by atoms with Crippen LogP contribution in [0.2, 0.25) is 0 Å². The first-order chi connectivity index (χ1) is 7.67. The van der Waals surface area contributed by atoms with Gasteiger partial charge in [-0.3, -0.25) is 0 Å². The fourth-order valence-electron chi connectivity index (χ4n) is 1.95. The fourth-order valence-corrected chi connectivity index (χ4v) is 1.95. The molecule has 0 aromatic heterocycles. The largest absolute Gasteiger partial charge is 0.0839 e. The van der Waals surface area contributed by atoms with Gasteiger partial charge in [0.2, 0.25) is 0 Å². The second-order valence-electron chi connectivity index (χ2n) is 4.83. The molecule has 1 aromatic carbocycles. The Kier molecular flexibility index (Phi) is 3.09. The van der Waals surface area contributed by atoms with Crippen molar-refractivity contribution in [1.29, 1.82) is 0 Å². The standard InChI is InChI=1S/C16H18/c1-16(2)12-8-4-7-11-15(13-16)14-9-5-3-6-10-14/h3,5-13H,4H2,1-2H3. The molecular weight excluding hydrogens is 192 g/mol. The van der Waals surface area contributed by atoms with E-state index in [0.717, 1.165) is 6.42 Å². The van der Waals surface area contributed by atoms with Crippen LogP contribution in [0.3, 0.4) is 0 Å². The summed E-state index contributed by atoms with van der Waals surface area (Å²) in [7, 11) is 0. The zero-order valence-corrected chi connectivity index (χ0v) is 9.98. The molecule has 0 heterocycles. The summed E-state index contributed by atoms with van der Waals surface area (Å²) in [6.45, 7) is 4.48. The molecule has 82 valence electrons. The third-order valence-electron chi connectivity index (χ3n) is 2.75. The predicted molar refractivity (Wildman–Crippen MR) is 71.1 cm³/mol. The SMILES string of the molecule is CC1(C)C=CCC=CC(c2ccccc2)=C1. The summed E-state index contributed by atoms with van der Waals surface area (Å²) in [6.07, 6.45) is 12.3. The summed E-state index contributed by atoms with van der Waals surface area (Å²) in [5, 5.41) is 0. The lowest BCUT2D eigenvalue weighted by Gasteiger charge is -2.18. The van der Waals surface area contributed by atoms with Gasteiger partial charge in [-0.05, 0) is 17.6 Å². The summed E-state index contributed by atoms with van der Waals surface area (Å²) in [5.41, 5.74) is 2.74. The Hall–Kier alpha value is -1.56. The van der Waals surface area contributed by atoms with Crippen molar-refractivity contribution in [1.82, 2.24) is 0 Å². The zero-order chi connectivity index (χ0) is 11.4. The van der Waals surface area contributed by atoms with Crippen LogP contribution in [0.5, 0.6) is 0 Å². The van der Waals surface area contributed by atoms with E-state index in [-0.39, 0.29) is 5.41 Å². The van der Waals surface area contributed by atoms with Gasteiger partial charge in [-0.1, -0.05) is 74.6 Å². The molecule has 0 amide bonds. The first-order valence-electron chi connectivity index (χ1n) is 5.80. The lowest BCUT2D eigenvalue weighted by Crippen LogP contribution is -2.04. The fraction of sp³-hybridized carbons (Fsp3) is 0.250. The summed E-state index contributed by atoms with van der Waals surface area (Å²) in [4.78, 5) is 0. The minimum atomic E-state index is 0.135. The number of rotatable bonds is 1. The van der Waals surface area contributed by atoms with Gasteiger partial charge in [-0.15, -0.1) is 0 Å². The van der Waals surface area contributed by atoms with E-state index in [1.165, 1.54) is 11.1 Å². The van der Waals surface area contributed by atoms with E-state index in [9.17, 15) is 0 Å². The van der Waals surface area contributed by atoms with Gasteiger partial charge in [-0.2, -0.15) is 0 Å². The predicted octanol–water partition coefficient (Wildman–Crippen LogP) is 4.61. The summed E-state index contributed by atoms with van der Waals surface area (Å²) >= 11 is 0. The van der Waals surface area contributed by atoms with Crippen molar-refractivity contribution in [3.63, 3.8) is 0 Å². The molecule has 1 aliphatic rings. The van der Waals surface area contributed by atoms with E-state index in [4.69, 9.17) is 0 Å². The monoisotopic (exact) mass is 210 g/mol. The molecular formula is C16H18. The first kappa shape index (κ1) is 10.9. The lowest BCUT2D eigenvalue weighted by atomic mass is 9.87. The molecule has 2 rings (SSSR count). The maximum Gasteiger partial charge on any atom is 0.00137 e. The van der Waals surface area contributed by atoms with E-state index in [1.54, 1.807) is 0 Å². The van der Waals surface area contributed by atoms with Crippen LogP contribution in [-0.4, -0.2) is 0 Å². The highest BCUT2D eigenvalue weighted by Gasteiger charge is 2.12. The summed E-state index contributed by atoms with van der Waals surface area (Å²) in [6, 6.07) is 10.6. The molecule has 1 aromatic rings. The second-order valence-corrected chi connectivity index (χ2v) is 4.83. The average molecular weight is 210 g/mol. The Morgan fingerprint density at radius 3 is 2.50 bits per heavy atom.